The van der Waals surface area contributed by atoms with E-state index < -0.39 is 0 Å². The lowest BCUT2D eigenvalue weighted by molar-refractivity contribution is 0.443. The van der Waals surface area contributed by atoms with Crippen LogP contribution in [0.25, 0.3) is 0 Å². The summed E-state index contributed by atoms with van der Waals surface area (Å²) in [6.07, 6.45) is 14.6. The van der Waals surface area contributed by atoms with Crippen molar-refractivity contribution in [2.24, 2.45) is 11.7 Å². The number of thioether (sulfide) groups is 1. The molecule has 0 radical (unpaired) electrons. The van der Waals surface area contributed by atoms with Gasteiger partial charge in [-0.05, 0) is 24.3 Å². The fraction of sp³-hybridized carbons (Fsp3) is 1.00. The first kappa shape index (κ1) is 17.3. The number of hydrogen-bond donors (Lipinski definition) is 1. The van der Waals surface area contributed by atoms with Crippen molar-refractivity contribution in [2.75, 3.05) is 12.0 Å². The van der Waals surface area contributed by atoms with Gasteiger partial charge in [0, 0.05) is 6.04 Å². The van der Waals surface area contributed by atoms with Crippen molar-refractivity contribution < 1.29 is 0 Å². The lowest BCUT2D eigenvalue weighted by Gasteiger charge is -2.18. The van der Waals surface area contributed by atoms with Gasteiger partial charge in [0.25, 0.3) is 0 Å². The molecule has 0 heterocycles. The third-order valence-electron chi connectivity index (χ3n) is 3.55. The van der Waals surface area contributed by atoms with Gasteiger partial charge in [-0.3, -0.25) is 0 Å². The average molecular weight is 260 g/mol. The van der Waals surface area contributed by atoms with Crippen LogP contribution >= 0.6 is 11.8 Å². The van der Waals surface area contributed by atoms with Crippen molar-refractivity contribution in [1.29, 1.82) is 0 Å². The molecule has 104 valence electrons. The van der Waals surface area contributed by atoms with E-state index in [0.717, 1.165) is 0 Å². The third kappa shape index (κ3) is 11.1. The van der Waals surface area contributed by atoms with Crippen molar-refractivity contribution in [1.82, 2.24) is 0 Å². The number of hydrogen-bond acceptors (Lipinski definition) is 2. The highest BCUT2D eigenvalue weighted by atomic mass is 32.2. The molecule has 0 aromatic carbocycles. The highest BCUT2D eigenvalue weighted by molar-refractivity contribution is 7.98. The highest BCUT2D eigenvalue weighted by Crippen LogP contribution is 2.15. The van der Waals surface area contributed by atoms with Crippen molar-refractivity contribution in [2.45, 2.75) is 77.7 Å². The van der Waals surface area contributed by atoms with E-state index >= 15 is 0 Å². The summed E-state index contributed by atoms with van der Waals surface area (Å²) >= 11 is 1.91. The van der Waals surface area contributed by atoms with E-state index in [4.69, 9.17) is 5.73 Å². The molecule has 0 rings (SSSR count). The predicted octanol–water partition coefficient (Wildman–Crippen LogP) is 4.84. The minimum atomic E-state index is 0.419. The van der Waals surface area contributed by atoms with Crippen molar-refractivity contribution in [3.63, 3.8) is 0 Å². The summed E-state index contributed by atoms with van der Waals surface area (Å²) < 4.78 is 0. The van der Waals surface area contributed by atoms with Gasteiger partial charge < -0.3 is 5.73 Å². The summed E-state index contributed by atoms with van der Waals surface area (Å²) in [5, 5.41) is 0. The standard InChI is InChI=1S/C15H33NS/c1-4-5-6-7-8-9-10-11-12-15(16)14(2)13-17-3/h14-15H,4-13,16H2,1-3H3. The Hall–Kier alpha value is 0.310. The van der Waals surface area contributed by atoms with Crippen LogP contribution in [-0.4, -0.2) is 18.1 Å². The van der Waals surface area contributed by atoms with E-state index in [-0.39, 0.29) is 0 Å². The van der Waals surface area contributed by atoms with E-state index in [1.807, 2.05) is 11.8 Å². The second-order valence-corrected chi connectivity index (χ2v) is 6.27. The van der Waals surface area contributed by atoms with Gasteiger partial charge in [0.2, 0.25) is 0 Å². The molecule has 0 aliphatic heterocycles. The Morgan fingerprint density at radius 1 is 0.941 bits per heavy atom. The quantitative estimate of drug-likeness (QED) is 0.507. The molecule has 2 atom stereocenters. The molecule has 2 N–H and O–H groups in total. The van der Waals surface area contributed by atoms with E-state index in [1.165, 1.54) is 63.5 Å². The molecule has 0 aliphatic carbocycles. The second-order valence-electron chi connectivity index (χ2n) is 5.36. The molecule has 0 fully saturated rings. The molecule has 0 saturated carbocycles. The van der Waals surface area contributed by atoms with Crippen LogP contribution in [0.5, 0.6) is 0 Å². The van der Waals surface area contributed by atoms with Gasteiger partial charge in [-0.1, -0.05) is 65.2 Å². The Bertz CT molecular complexity index is 150. The molecular weight excluding hydrogens is 226 g/mol. The van der Waals surface area contributed by atoms with Crippen LogP contribution in [0.15, 0.2) is 0 Å². The van der Waals surface area contributed by atoms with Gasteiger partial charge in [-0.25, -0.2) is 0 Å². The van der Waals surface area contributed by atoms with Crippen molar-refractivity contribution in [3.05, 3.63) is 0 Å². The largest absolute Gasteiger partial charge is 0.327 e. The molecule has 0 saturated heterocycles. The van der Waals surface area contributed by atoms with Gasteiger partial charge in [0.05, 0.1) is 0 Å². The monoisotopic (exact) mass is 259 g/mol. The van der Waals surface area contributed by atoms with Crippen LogP contribution in [0.3, 0.4) is 0 Å². The molecular formula is C15H33NS. The van der Waals surface area contributed by atoms with Gasteiger partial charge in [0.1, 0.15) is 0 Å². The summed E-state index contributed by atoms with van der Waals surface area (Å²) in [6, 6.07) is 0.419. The minimum absolute atomic E-state index is 0.419. The SMILES string of the molecule is CCCCCCCCCCC(N)C(C)CSC. The Balaban J connectivity index is 3.21. The molecule has 17 heavy (non-hydrogen) atoms. The van der Waals surface area contributed by atoms with E-state index in [9.17, 15) is 0 Å². The summed E-state index contributed by atoms with van der Waals surface area (Å²) in [6.45, 7) is 4.56. The Labute approximate surface area is 113 Å². The zero-order valence-corrected chi connectivity index (χ0v) is 13.0. The molecule has 0 aliphatic rings. The third-order valence-corrected chi connectivity index (χ3v) is 4.41. The van der Waals surface area contributed by atoms with E-state index in [0.29, 0.717) is 12.0 Å². The van der Waals surface area contributed by atoms with E-state index in [1.54, 1.807) is 0 Å². The fourth-order valence-corrected chi connectivity index (χ4v) is 2.96. The normalized spacial score (nSPS) is 14.8. The smallest absolute Gasteiger partial charge is 0.00723 e. The van der Waals surface area contributed by atoms with Crippen LogP contribution in [0.4, 0.5) is 0 Å². The molecule has 2 unspecified atom stereocenters. The molecule has 0 aromatic heterocycles. The summed E-state index contributed by atoms with van der Waals surface area (Å²) in [4.78, 5) is 0. The maximum atomic E-state index is 6.17. The van der Waals surface area contributed by atoms with Gasteiger partial charge >= 0.3 is 0 Å². The van der Waals surface area contributed by atoms with Crippen molar-refractivity contribution in [3.8, 4) is 0 Å². The first-order chi connectivity index (χ1) is 8.22. The number of rotatable bonds is 12. The molecule has 0 amide bonds. The maximum absolute atomic E-state index is 6.17. The van der Waals surface area contributed by atoms with Crippen LogP contribution < -0.4 is 5.73 Å². The molecule has 0 spiro atoms. The highest BCUT2D eigenvalue weighted by Gasteiger charge is 2.11. The summed E-state index contributed by atoms with van der Waals surface area (Å²) in [5.41, 5.74) is 6.17. The zero-order valence-electron chi connectivity index (χ0n) is 12.2. The topological polar surface area (TPSA) is 26.0 Å². The number of unbranched alkanes of at least 4 members (excludes halogenated alkanes) is 7. The van der Waals surface area contributed by atoms with Gasteiger partial charge in [-0.15, -0.1) is 0 Å². The Kier molecular flexibility index (Phi) is 13.0. The van der Waals surface area contributed by atoms with Crippen molar-refractivity contribution >= 4 is 11.8 Å². The Morgan fingerprint density at radius 2 is 1.47 bits per heavy atom. The van der Waals surface area contributed by atoms with Crippen LogP contribution in [0.2, 0.25) is 0 Å². The molecule has 0 bridgehead atoms. The van der Waals surface area contributed by atoms with Gasteiger partial charge in [0.15, 0.2) is 0 Å². The summed E-state index contributed by atoms with van der Waals surface area (Å²) in [5.74, 6) is 1.88. The first-order valence-electron chi connectivity index (χ1n) is 7.46. The lowest BCUT2D eigenvalue weighted by atomic mass is 9.98. The Morgan fingerprint density at radius 3 is 2.00 bits per heavy atom. The van der Waals surface area contributed by atoms with Gasteiger partial charge in [-0.2, -0.15) is 11.8 Å². The van der Waals surface area contributed by atoms with Crippen LogP contribution in [0.1, 0.15) is 71.6 Å². The van der Waals surface area contributed by atoms with Crippen LogP contribution in [-0.2, 0) is 0 Å². The van der Waals surface area contributed by atoms with Crippen LogP contribution in [0, 0.1) is 5.92 Å². The lowest BCUT2D eigenvalue weighted by Crippen LogP contribution is -2.29. The predicted molar refractivity (Wildman–Crippen MR) is 82.7 cm³/mol. The number of nitrogens with two attached hydrogens (primary N) is 1. The molecule has 1 nitrogen and oxygen atoms in total. The zero-order chi connectivity index (χ0) is 12.9. The summed E-state index contributed by atoms with van der Waals surface area (Å²) in [7, 11) is 0. The fourth-order valence-electron chi connectivity index (χ4n) is 2.18. The minimum Gasteiger partial charge on any atom is -0.327 e. The average Bonchev–Trinajstić information content (AvgIpc) is 2.32. The maximum Gasteiger partial charge on any atom is 0.00723 e. The molecule has 0 aromatic rings. The first-order valence-corrected chi connectivity index (χ1v) is 8.86. The molecule has 2 heteroatoms. The second kappa shape index (κ2) is 12.8. The van der Waals surface area contributed by atoms with E-state index in [2.05, 4.69) is 20.1 Å².